The van der Waals surface area contributed by atoms with Crippen LogP contribution in [0.2, 0.25) is 0 Å². The van der Waals surface area contributed by atoms with Crippen molar-refractivity contribution >= 4 is 17.1 Å². The van der Waals surface area contributed by atoms with Gasteiger partial charge in [-0.05, 0) is 30.2 Å². The summed E-state index contributed by atoms with van der Waals surface area (Å²) in [6.45, 7) is 3.18. The molecule has 1 heterocycles. The summed E-state index contributed by atoms with van der Waals surface area (Å²) in [4.78, 5) is 12.1. The number of hydrogen-bond acceptors (Lipinski definition) is 6. The largest absolute Gasteiger partial charge is 0.495 e. The van der Waals surface area contributed by atoms with Crippen LogP contribution in [0.4, 0.5) is 0 Å². The predicted molar refractivity (Wildman–Crippen MR) is 147 cm³/mol. The minimum atomic E-state index is -1.34. The van der Waals surface area contributed by atoms with Gasteiger partial charge in [0.25, 0.3) is 0 Å². The highest BCUT2D eigenvalue weighted by Gasteiger charge is 2.39. The SMILES string of the molecule is Cc1ccc(S(=O)/C=C/O[C@@H]2C[C@H](OCc3ccccc3)[C@@H](COCc3ccccc3)O[C@H]2CC=O)cc1. The lowest BCUT2D eigenvalue weighted by molar-refractivity contribution is -0.203. The summed E-state index contributed by atoms with van der Waals surface area (Å²) >= 11 is 0. The van der Waals surface area contributed by atoms with E-state index in [0.717, 1.165) is 23.0 Å². The van der Waals surface area contributed by atoms with Crippen molar-refractivity contribution in [3.63, 3.8) is 0 Å². The summed E-state index contributed by atoms with van der Waals surface area (Å²) in [6, 6.07) is 27.4. The molecule has 5 atom stereocenters. The number of hydrogen-bond donors (Lipinski definition) is 0. The molecule has 4 rings (SSSR count). The normalized spacial score (nSPS) is 22.2. The summed E-state index contributed by atoms with van der Waals surface area (Å²) in [5, 5.41) is 1.51. The van der Waals surface area contributed by atoms with Crippen molar-refractivity contribution in [2.75, 3.05) is 6.61 Å². The smallest absolute Gasteiger partial charge is 0.127 e. The van der Waals surface area contributed by atoms with Gasteiger partial charge >= 0.3 is 0 Å². The van der Waals surface area contributed by atoms with Crippen LogP contribution in [-0.4, -0.2) is 41.5 Å². The van der Waals surface area contributed by atoms with Crippen LogP contribution in [0.15, 0.2) is 101 Å². The Labute approximate surface area is 227 Å². The first kappa shape index (κ1) is 27.9. The van der Waals surface area contributed by atoms with E-state index in [0.29, 0.717) is 31.1 Å². The molecule has 1 aliphatic heterocycles. The van der Waals surface area contributed by atoms with Crippen molar-refractivity contribution in [3.05, 3.63) is 113 Å². The van der Waals surface area contributed by atoms with Crippen LogP contribution in [0.3, 0.4) is 0 Å². The van der Waals surface area contributed by atoms with Crippen LogP contribution in [0.5, 0.6) is 0 Å². The highest BCUT2D eigenvalue weighted by molar-refractivity contribution is 7.88. The van der Waals surface area contributed by atoms with E-state index in [1.807, 2.05) is 91.9 Å². The maximum absolute atomic E-state index is 12.6. The Kier molecular flexibility index (Phi) is 10.8. The fraction of sp³-hybridized carbons (Fsp3) is 0.323. The maximum atomic E-state index is 12.6. The highest BCUT2D eigenvalue weighted by Crippen LogP contribution is 2.28. The molecule has 3 aromatic carbocycles. The Bertz CT molecular complexity index is 1170. The molecule has 0 radical (unpaired) electrons. The number of carbonyl (C=O) groups is 1. The number of rotatable bonds is 13. The number of aryl methyl sites for hydroxylation is 1. The van der Waals surface area contributed by atoms with Crippen molar-refractivity contribution in [2.24, 2.45) is 0 Å². The van der Waals surface area contributed by atoms with Crippen molar-refractivity contribution in [3.8, 4) is 0 Å². The second-order valence-electron chi connectivity index (χ2n) is 9.24. The molecule has 200 valence electrons. The molecule has 0 saturated carbocycles. The van der Waals surface area contributed by atoms with Gasteiger partial charge in [0.15, 0.2) is 0 Å². The van der Waals surface area contributed by atoms with E-state index in [4.69, 9.17) is 18.9 Å². The lowest BCUT2D eigenvalue weighted by Gasteiger charge is -2.40. The van der Waals surface area contributed by atoms with Gasteiger partial charge in [-0.15, -0.1) is 0 Å². The van der Waals surface area contributed by atoms with Crippen molar-refractivity contribution in [2.45, 2.75) is 62.3 Å². The van der Waals surface area contributed by atoms with Gasteiger partial charge in [-0.25, -0.2) is 4.21 Å². The van der Waals surface area contributed by atoms with E-state index in [1.54, 1.807) is 0 Å². The molecule has 1 unspecified atom stereocenters. The standard InChI is InChI=1S/C31H34O6S/c1-24-12-14-27(15-13-24)38(33)19-18-35-29-20-30(36-22-26-10-6-3-7-11-26)31(37-28(29)16-17-32)23-34-21-25-8-4-2-5-9-25/h2-15,17-19,28-31H,16,20-23H2,1H3/b19-18+/t28-,29+,30-,31+,38?/m0/s1. The molecular weight excluding hydrogens is 500 g/mol. The Morgan fingerprint density at radius 1 is 0.868 bits per heavy atom. The molecule has 0 bridgehead atoms. The summed E-state index contributed by atoms with van der Waals surface area (Å²) in [5.41, 5.74) is 3.23. The average molecular weight is 535 g/mol. The van der Waals surface area contributed by atoms with E-state index in [9.17, 15) is 9.00 Å². The van der Waals surface area contributed by atoms with Gasteiger partial charge in [-0.2, -0.15) is 0 Å². The van der Waals surface area contributed by atoms with Gasteiger partial charge in [0.1, 0.15) is 24.6 Å². The van der Waals surface area contributed by atoms with Crippen LogP contribution in [0, 0.1) is 6.92 Å². The lowest BCUT2D eigenvalue weighted by Crippen LogP contribution is -2.50. The summed E-state index contributed by atoms with van der Waals surface area (Å²) in [7, 11) is -1.34. The average Bonchev–Trinajstić information content (AvgIpc) is 2.95. The van der Waals surface area contributed by atoms with Crippen LogP contribution < -0.4 is 0 Å². The topological polar surface area (TPSA) is 71.1 Å². The minimum absolute atomic E-state index is 0.181. The zero-order valence-corrected chi connectivity index (χ0v) is 22.3. The number of benzene rings is 3. The van der Waals surface area contributed by atoms with Gasteiger partial charge in [-0.1, -0.05) is 78.4 Å². The second kappa shape index (κ2) is 14.7. The van der Waals surface area contributed by atoms with Crippen LogP contribution in [-0.2, 0) is 47.8 Å². The van der Waals surface area contributed by atoms with Crippen LogP contribution in [0.1, 0.15) is 29.5 Å². The minimum Gasteiger partial charge on any atom is -0.495 e. The van der Waals surface area contributed by atoms with Crippen molar-refractivity contribution < 1.29 is 28.0 Å². The number of ether oxygens (including phenoxy) is 4. The molecule has 3 aromatic rings. The van der Waals surface area contributed by atoms with E-state index in [2.05, 4.69) is 0 Å². The molecule has 1 saturated heterocycles. The first-order valence-corrected chi connectivity index (χ1v) is 14.0. The van der Waals surface area contributed by atoms with E-state index in [1.165, 1.54) is 11.7 Å². The first-order valence-electron chi connectivity index (χ1n) is 12.8. The van der Waals surface area contributed by atoms with E-state index < -0.39 is 23.0 Å². The fourth-order valence-corrected chi connectivity index (χ4v) is 5.01. The molecule has 0 aliphatic carbocycles. The van der Waals surface area contributed by atoms with E-state index >= 15 is 0 Å². The second-order valence-corrected chi connectivity index (χ2v) is 10.6. The van der Waals surface area contributed by atoms with Crippen LogP contribution >= 0.6 is 0 Å². The Morgan fingerprint density at radius 3 is 2.18 bits per heavy atom. The van der Waals surface area contributed by atoms with Gasteiger partial charge in [0, 0.05) is 23.1 Å². The fourth-order valence-electron chi connectivity index (χ4n) is 4.28. The zero-order chi connectivity index (χ0) is 26.6. The van der Waals surface area contributed by atoms with Gasteiger partial charge in [-0.3, -0.25) is 0 Å². The monoisotopic (exact) mass is 534 g/mol. The Morgan fingerprint density at radius 2 is 1.53 bits per heavy atom. The number of aldehydes is 1. The lowest BCUT2D eigenvalue weighted by atomic mass is 9.96. The maximum Gasteiger partial charge on any atom is 0.127 e. The predicted octanol–water partition coefficient (Wildman–Crippen LogP) is 5.51. The molecule has 38 heavy (non-hydrogen) atoms. The molecular formula is C31H34O6S. The summed E-state index contributed by atoms with van der Waals surface area (Å²) < 4.78 is 37.2. The third kappa shape index (κ3) is 8.46. The molecule has 1 fully saturated rings. The Hall–Kier alpha value is -3.10. The molecule has 0 aromatic heterocycles. The number of carbonyl (C=O) groups excluding carboxylic acids is 1. The third-order valence-electron chi connectivity index (χ3n) is 6.36. The van der Waals surface area contributed by atoms with Crippen LogP contribution in [0.25, 0.3) is 0 Å². The van der Waals surface area contributed by atoms with Crippen molar-refractivity contribution in [1.29, 1.82) is 0 Å². The molecule has 6 nitrogen and oxygen atoms in total. The zero-order valence-electron chi connectivity index (χ0n) is 21.5. The summed E-state index contributed by atoms with van der Waals surface area (Å²) in [6.07, 6.45) is 1.40. The molecule has 7 heteroatoms. The first-order chi connectivity index (χ1) is 18.6. The molecule has 1 aliphatic rings. The quantitative estimate of drug-likeness (QED) is 0.213. The van der Waals surface area contributed by atoms with Gasteiger partial charge in [0.2, 0.25) is 0 Å². The van der Waals surface area contributed by atoms with Crippen molar-refractivity contribution in [1.82, 2.24) is 0 Å². The molecule has 0 N–H and O–H groups in total. The highest BCUT2D eigenvalue weighted by atomic mass is 32.2. The Balaban J connectivity index is 1.41. The third-order valence-corrected chi connectivity index (χ3v) is 7.45. The molecule has 0 spiro atoms. The molecule has 0 amide bonds. The summed E-state index contributed by atoms with van der Waals surface area (Å²) in [5.74, 6) is 0. The van der Waals surface area contributed by atoms with E-state index in [-0.39, 0.29) is 18.6 Å². The van der Waals surface area contributed by atoms with Gasteiger partial charge in [0.05, 0.1) is 43.0 Å². The van der Waals surface area contributed by atoms with Gasteiger partial charge < -0.3 is 23.7 Å².